The van der Waals surface area contributed by atoms with Gasteiger partial charge in [0.15, 0.2) is 0 Å². The molecule has 1 aliphatic rings. The van der Waals surface area contributed by atoms with E-state index >= 15 is 0 Å². The maximum Gasteiger partial charge on any atom is 0.133 e. The second-order valence-electron chi connectivity index (χ2n) is 5.26. The summed E-state index contributed by atoms with van der Waals surface area (Å²) in [7, 11) is 2.16. The molecule has 0 N–H and O–H groups in total. The van der Waals surface area contributed by atoms with Crippen molar-refractivity contribution in [2.75, 3.05) is 7.05 Å². The van der Waals surface area contributed by atoms with Crippen LogP contribution in [0.15, 0.2) is 12.5 Å². The third-order valence-electron chi connectivity index (χ3n) is 3.81. The minimum Gasteiger partial charge on any atom is -0.333 e. The van der Waals surface area contributed by atoms with Gasteiger partial charge in [-0.05, 0) is 26.3 Å². The van der Waals surface area contributed by atoms with E-state index in [1.807, 2.05) is 12.5 Å². The third kappa shape index (κ3) is 3.19. The molecule has 4 nitrogen and oxygen atoms in total. The molecule has 2 rings (SSSR count). The monoisotopic (exact) mass is 249 g/mol. The van der Waals surface area contributed by atoms with Crippen molar-refractivity contribution < 1.29 is 4.79 Å². The Labute approximate surface area is 109 Å². The highest BCUT2D eigenvalue weighted by atomic mass is 16.1. The number of nitrogens with zero attached hydrogens (tertiary/aromatic N) is 3. The Kier molecular flexibility index (Phi) is 4.53. The van der Waals surface area contributed by atoms with E-state index < -0.39 is 0 Å². The van der Waals surface area contributed by atoms with Crippen LogP contribution in [0, 0.1) is 0 Å². The number of carbonyl (C=O) groups excluding carboxylic acids is 1. The van der Waals surface area contributed by atoms with Crippen molar-refractivity contribution in [2.24, 2.45) is 0 Å². The molecule has 0 unspecified atom stereocenters. The van der Waals surface area contributed by atoms with Crippen LogP contribution in [0.1, 0.15) is 44.7 Å². The first-order valence-corrected chi connectivity index (χ1v) is 6.91. The summed E-state index contributed by atoms with van der Waals surface area (Å²) in [5.74, 6) is 0.427. The summed E-state index contributed by atoms with van der Waals surface area (Å²) < 4.78 is 2.23. The van der Waals surface area contributed by atoms with Crippen molar-refractivity contribution in [3.05, 3.63) is 18.2 Å². The molecule has 0 radical (unpaired) electrons. The summed E-state index contributed by atoms with van der Waals surface area (Å²) in [5.41, 5.74) is 1.27. The number of aromatic nitrogens is 2. The molecule has 1 heterocycles. The van der Waals surface area contributed by atoms with Gasteiger partial charge in [0.2, 0.25) is 0 Å². The fourth-order valence-electron chi connectivity index (χ4n) is 2.67. The average molecular weight is 249 g/mol. The van der Waals surface area contributed by atoms with Gasteiger partial charge in [-0.25, -0.2) is 4.98 Å². The van der Waals surface area contributed by atoms with Crippen LogP contribution >= 0.6 is 0 Å². The number of carbonyl (C=O) groups is 1. The molecule has 0 atom stereocenters. The van der Waals surface area contributed by atoms with Gasteiger partial charge in [0.25, 0.3) is 0 Å². The number of ketones is 1. The van der Waals surface area contributed by atoms with Gasteiger partial charge in [-0.3, -0.25) is 9.69 Å². The Morgan fingerprint density at radius 2 is 2.17 bits per heavy atom. The lowest BCUT2D eigenvalue weighted by molar-refractivity contribution is -0.121. The van der Waals surface area contributed by atoms with Gasteiger partial charge in [0, 0.05) is 38.2 Å². The maximum atomic E-state index is 11.3. The number of hydrogen-bond donors (Lipinski definition) is 0. The van der Waals surface area contributed by atoms with Crippen molar-refractivity contribution >= 4 is 5.78 Å². The summed E-state index contributed by atoms with van der Waals surface area (Å²) >= 11 is 0. The maximum absolute atomic E-state index is 11.3. The molecular formula is C14H23N3O. The Morgan fingerprint density at radius 1 is 1.44 bits per heavy atom. The summed E-state index contributed by atoms with van der Waals surface area (Å²) in [6.07, 6.45) is 8.53. The van der Waals surface area contributed by atoms with Crippen LogP contribution < -0.4 is 0 Å². The SMILES string of the molecule is CCCn1cncc1CN(C)C1CCC(=O)CC1. The molecule has 0 aromatic carbocycles. The normalized spacial score (nSPS) is 17.6. The fourth-order valence-corrected chi connectivity index (χ4v) is 2.67. The van der Waals surface area contributed by atoms with Crippen LogP contribution in [-0.4, -0.2) is 33.3 Å². The van der Waals surface area contributed by atoms with Crippen molar-refractivity contribution in [2.45, 2.75) is 58.2 Å². The Bertz CT molecular complexity index is 389. The zero-order valence-electron chi connectivity index (χ0n) is 11.4. The van der Waals surface area contributed by atoms with Gasteiger partial charge in [0.05, 0.1) is 12.0 Å². The van der Waals surface area contributed by atoms with E-state index in [-0.39, 0.29) is 0 Å². The van der Waals surface area contributed by atoms with Crippen molar-refractivity contribution in [1.29, 1.82) is 0 Å². The summed E-state index contributed by atoms with van der Waals surface area (Å²) in [5, 5.41) is 0. The largest absolute Gasteiger partial charge is 0.333 e. The van der Waals surface area contributed by atoms with E-state index in [0.29, 0.717) is 11.8 Å². The van der Waals surface area contributed by atoms with Crippen LogP contribution in [-0.2, 0) is 17.9 Å². The van der Waals surface area contributed by atoms with E-state index in [1.54, 1.807) is 0 Å². The van der Waals surface area contributed by atoms with Crippen LogP contribution in [0.3, 0.4) is 0 Å². The highest BCUT2D eigenvalue weighted by molar-refractivity contribution is 5.79. The first kappa shape index (κ1) is 13.3. The van der Waals surface area contributed by atoms with Gasteiger partial charge in [-0.1, -0.05) is 6.92 Å². The molecule has 1 aliphatic carbocycles. The van der Waals surface area contributed by atoms with Crippen LogP contribution in [0.2, 0.25) is 0 Å². The summed E-state index contributed by atoms with van der Waals surface area (Å²) in [4.78, 5) is 17.9. The smallest absolute Gasteiger partial charge is 0.133 e. The molecule has 0 saturated heterocycles. The quantitative estimate of drug-likeness (QED) is 0.803. The van der Waals surface area contributed by atoms with Crippen molar-refractivity contribution in [1.82, 2.24) is 14.5 Å². The molecule has 100 valence electrons. The minimum atomic E-state index is 0.427. The lowest BCUT2D eigenvalue weighted by Crippen LogP contribution is -2.35. The minimum absolute atomic E-state index is 0.427. The number of Topliss-reactive ketones (excluding diaryl/α,β-unsaturated/α-hetero) is 1. The van der Waals surface area contributed by atoms with E-state index in [1.165, 1.54) is 5.69 Å². The van der Waals surface area contributed by atoms with E-state index in [9.17, 15) is 4.79 Å². The average Bonchev–Trinajstić information content (AvgIpc) is 2.78. The Morgan fingerprint density at radius 3 is 2.83 bits per heavy atom. The molecule has 4 heteroatoms. The Hall–Kier alpha value is -1.16. The number of aryl methyl sites for hydroxylation is 1. The van der Waals surface area contributed by atoms with Crippen LogP contribution in [0.4, 0.5) is 0 Å². The van der Waals surface area contributed by atoms with Gasteiger partial charge < -0.3 is 4.57 Å². The topological polar surface area (TPSA) is 38.1 Å². The second kappa shape index (κ2) is 6.14. The molecule has 1 fully saturated rings. The van der Waals surface area contributed by atoms with E-state index in [0.717, 1.165) is 45.2 Å². The number of imidazole rings is 1. The third-order valence-corrected chi connectivity index (χ3v) is 3.81. The highest BCUT2D eigenvalue weighted by Gasteiger charge is 2.22. The standard InChI is InChI=1S/C14H23N3O/c1-3-8-17-11-15-9-13(17)10-16(2)12-4-6-14(18)7-5-12/h9,11-12H,3-8,10H2,1-2H3. The lowest BCUT2D eigenvalue weighted by atomic mass is 9.93. The van der Waals surface area contributed by atoms with Gasteiger partial charge in [-0.15, -0.1) is 0 Å². The zero-order chi connectivity index (χ0) is 13.0. The molecule has 0 spiro atoms. The molecule has 1 aromatic heterocycles. The first-order valence-electron chi connectivity index (χ1n) is 6.91. The molecule has 0 bridgehead atoms. The van der Waals surface area contributed by atoms with Crippen LogP contribution in [0.5, 0.6) is 0 Å². The van der Waals surface area contributed by atoms with E-state index in [2.05, 4.69) is 28.4 Å². The number of hydrogen-bond acceptors (Lipinski definition) is 3. The highest BCUT2D eigenvalue weighted by Crippen LogP contribution is 2.20. The summed E-state index contributed by atoms with van der Waals surface area (Å²) in [6.45, 7) is 4.14. The predicted molar refractivity (Wildman–Crippen MR) is 71.2 cm³/mol. The molecular weight excluding hydrogens is 226 g/mol. The second-order valence-corrected chi connectivity index (χ2v) is 5.26. The van der Waals surface area contributed by atoms with E-state index in [4.69, 9.17) is 0 Å². The molecule has 0 aliphatic heterocycles. The van der Waals surface area contributed by atoms with Crippen molar-refractivity contribution in [3.63, 3.8) is 0 Å². The van der Waals surface area contributed by atoms with Gasteiger partial charge >= 0.3 is 0 Å². The molecule has 1 aromatic rings. The molecule has 0 amide bonds. The van der Waals surface area contributed by atoms with Crippen LogP contribution in [0.25, 0.3) is 0 Å². The van der Waals surface area contributed by atoms with Gasteiger partial charge in [0.1, 0.15) is 5.78 Å². The molecule has 1 saturated carbocycles. The Balaban J connectivity index is 1.91. The number of rotatable bonds is 5. The van der Waals surface area contributed by atoms with Gasteiger partial charge in [-0.2, -0.15) is 0 Å². The predicted octanol–water partition coefficient (Wildman–Crippen LogP) is 2.24. The first-order chi connectivity index (χ1) is 8.70. The molecule has 18 heavy (non-hydrogen) atoms. The fraction of sp³-hybridized carbons (Fsp3) is 0.714. The zero-order valence-corrected chi connectivity index (χ0v) is 11.4. The summed E-state index contributed by atoms with van der Waals surface area (Å²) in [6, 6.07) is 0.549. The lowest BCUT2D eigenvalue weighted by Gasteiger charge is -2.30. The van der Waals surface area contributed by atoms with Crippen molar-refractivity contribution in [3.8, 4) is 0 Å².